The molecule has 0 N–H and O–H groups in total. The number of halogens is 2. The van der Waals surface area contributed by atoms with Gasteiger partial charge in [-0.05, 0) is 0 Å². The van der Waals surface area contributed by atoms with E-state index in [4.69, 9.17) is 35.3 Å². The summed E-state index contributed by atoms with van der Waals surface area (Å²) in [6.45, 7) is 17.3. The van der Waals surface area contributed by atoms with E-state index >= 15 is 0 Å². The Morgan fingerprint density at radius 1 is 0.554 bits per heavy atom. The zero-order valence-electron chi connectivity index (χ0n) is 33.8. The van der Waals surface area contributed by atoms with Crippen molar-refractivity contribution in [3.63, 3.8) is 0 Å². The van der Waals surface area contributed by atoms with Crippen LogP contribution in [-0.2, 0) is 15.0 Å². The molecular formula is C48H48Cl2O4SiZr. The molecule has 4 nitrogen and oxygen atoms in total. The van der Waals surface area contributed by atoms with Gasteiger partial charge in [0.1, 0.15) is 0 Å². The van der Waals surface area contributed by atoms with Crippen LogP contribution in [0.25, 0.3) is 45.6 Å². The number of methoxy groups -OCH3 is 2. The molecule has 2 aliphatic rings. The van der Waals surface area contributed by atoms with Gasteiger partial charge in [-0.1, -0.05) is 0 Å². The van der Waals surface area contributed by atoms with Crippen LogP contribution in [0.2, 0.25) is 13.1 Å². The van der Waals surface area contributed by atoms with E-state index in [1.165, 1.54) is 11.1 Å². The molecule has 4 aromatic carbocycles. The molecule has 8 heteroatoms. The molecular weight excluding hydrogens is 831 g/mol. The van der Waals surface area contributed by atoms with Crippen LogP contribution in [0.1, 0.15) is 74.8 Å². The summed E-state index contributed by atoms with van der Waals surface area (Å²) >= 11 is -5.45. The van der Waals surface area contributed by atoms with Gasteiger partial charge < -0.3 is 0 Å². The van der Waals surface area contributed by atoms with Gasteiger partial charge in [0.2, 0.25) is 0 Å². The van der Waals surface area contributed by atoms with Crippen molar-refractivity contribution in [3.05, 3.63) is 152 Å². The first-order chi connectivity index (χ1) is 26.6. The molecule has 0 fully saturated rings. The molecule has 0 aliphatic heterocycles. The molecule has 0 spiro atoms. The average Bonchev–Trinajstić information content (AvgIpc) is 3.94. The van der Waals surface area contributed by atoms with Crippen LogP contribution in [0.4, 0.5) is 0 Å². The Balaban J connectivity index is 1.47. The molecule has 0 saturated heterocycles. The van der Waals surface area contributed by atoms with E-state index in [-0.39, 0.29) is 7.25 Å². The van der Waals surface area contributed by atoms with Crippen molar-refractivity contribution in [3.8, 4) is 33.8 Å². The summed E-state index contributed by atoms with van der Waals surface area (Å²) in [5.41, 5.74) is 14.3. The van der Waals surface area contributed by atoms with Crippen LogP contribution >= 0.6 is 17.0 Å². The fourth-order valence-corrected chi connectivity index (χ4v) is 36.9. The Labute approximate surface area is 338 Å². The summed E-state index contributed by atoms with van der Waals surface area (Å²) in [4.78, 5) is 0. The van der Waals surface area contributed by atoms with E-state index in [2.05, 4.69) is 126 Å². The number of hydrogen-bond acceptors (Lipinski definition) is 4. The van der Waals surface area contributed by atoms with Crippen molar-refractivity contribution >= 4 is 45.8 Å². The second-order valence-electron chi connectivity index (χ2n) is 15.9. The first-order valence-corrected chi connectivity index (χ1v) is 34.5. The number of hydrogen-bond donors (Lipinski definition) is 0. The molecule has 6 aromatic rings. The van der Waals surface area contributed by atoms with Crippen LogP contribution < -0.4 is 9.47 Å². The van der Waals surface area contributed by atoms with E-state index in [0.717, 1.165) is 101 Å². The number of allylic oxidation sites excluding steroid dienone is 2. The van der Waals surface area contributed by atoms with Gasteiger partial charge in [0, 0.05) is 0 Å². The summed E-state index contributed by atoms with van der Waals surface area (Å²) in [5.74, 6) is 5.07. The normalized spacial score (nSPS) is 16.4. The molecule has 2 aliphatic carbocycles. The number of rotatable bonds is 8. The minimum absolute atomic E-state index is 0.272. The van der Waals surface area contributed by atoms with Crippen molar-refractivity contribution in [1.82, 2.24) is 0 Å². The Bertz CT molecular complexity index is 2520. The van der Waals surface area contributed by atoms with Crippen LogP contribution in [0.3, 0.4) is 0 Å². The SMILES string of the molecule is COc1cccc(-c2c(C)ccc3c2C=C(c2cc(C)c(C)o2)[CH]3[Zr]([Cl])([Cl])([CH]2C(c3cc(C)c(C)o3)=Cc3c2ccc(C)c3-c2cccc(OC)c2)=[Si](C)C)c1. The van der Waals surface area contributed by atoms with Gasteiger partial charge in [-0.15, -0.1) is 0 Å². The number of aryl methyl sites for hydroxylation is 6. The van der Waals surface area contributed by atoms with E-state index in [9.17, 15) is 0 Å². The number of benzene rings is 4. The molecule has 0 amide bonds. The molecule has 2 aromatic heterocycles. The Kier molecular flexibility index (Phi) is 9.93. The third-order valence-corrected chi connectivity index (χ3v) is 58.7. The summed E-state index contributed by atoms with van der Waals surface area (Å²) in [6.07, 6.45) is 4.67. The van der Waals surface area contributed by atoms with Crippen LogP contribution in [0.5, 0.6) is 11.5 Å². The van der Waals surface area contributed by atoms with Gasteiger partial charge in [-0.2, -0.15) is 0 Å². The second kappa shape index (κ2) is 14.2. The zero-order valence-corrected chi connectivity index (χ0v) is 38.8. The summed E-state index contributed by atoms with van der Waals surface area (Å²) in [6, 6.07) is 30.0. The topological polar surface area (TPSA) is 44.7 Å². The molecule has 56 heavy (non-hydrogen) atoms. The third kappa shape index (κ3) is 6.01. The Morgan fingerprint density at radius 2 is 0.964 bits per heavy atom. The quantitative estimate of drug-likeness (QED) is 0.143. The molecule has 8 rings (SSSR count). The van der Waals surface area contributed by atoms with Gasteiger partial charge in [0.05, 0.1) is 0 Å². The first-order valence-electron chi connectivity index (χ1n) is 19.2. The monoisotopic (exact) mass is 876 g/mol. The average molecular weight is 879 g/mol. The van der Waals surface area contributed by atoms with Crippen LogP contribution in [-0.4, -0.2) is 19.7 Å². The van der Waals surface area contributed by atoms with E-state index in [1.54, 1.807) is 14.2 Å². The predicted octanol–water partition coefficient (Wildman–Crippen LogP) is 14.2. The molecule has 286 valence electrons. The maximum atomic E-state index is 8.97. The van der Waals surface area contributed by atoms with Crippen LogP contribution in [0, 0.1) is 41.5 Å². The van der Waals surface area contributed by atoms with Gasteiger partial charge in [0.25, 0.3) is 0 Å². The molecule has 0 bridgehead atoms. The van der Waals surface area contributed by atoms with Gasteiger partial charge in [-0.3, -0.25) is 0 Å². The zero-order chi connectivity index (χ0) is 39.9. The number of ether oxygens (including phenoxy) is 2. The summed E-state index contributed by atoms with van der Waals surface area (Å²) in [7, 11) is 21.4. The third-order valence-electron chi connectivity index (χ3n) is 12.5. The predicted molar refractivity (Wildman–Crippen MR) is 233 cm³/mol. The molecule has 0 saturated carbocycles. The van der Waals surface area contributed by atoms with Crippen molar-refractivity contribution < 1.29 is 33.3 Å². The molecule has 0 radical (unpaired) electrons. The standard InChI is InChI=1S/2C23H21O2.C2H6Si.2ClH.Zr/c2*1-14-8-9-17-11-19(22-10-15(2)16(3)25-22)13-21(17)23(14)18-6-5-7-20(12-18)24-4;1-3-2;;;/h2*5-13H,1-4H3;1-2H3;2*1H;/q;;;;;+2/p-2. The van der Waals surface area contributed by atoms with Crippen molar-refractivity contribution in [1.29, 1.82) is 0 Å². The minimum atomic E-state index is -5.45. The molecule has 2 heterocycles. The van der Waals surface area contributed by atoms with Gasteiger partial charge in [-0.25, -0.2) is 0 Å². The van der Waals surface area contributed by atoms with Gasteiger partial charge >= 0.3 is 341 Å². The first kappa shape index (κ1) is 39.0. The van der Waals surface area contributed by atoms with Crippen molar-refractivity contribution in [2.45, 2.75) is 61.9 Å². The summed E-state index contributed by atoms with van der Waals surface area (Å²) < 4.78 is 24.2. The molecule has 2 unspecified atom stereocenters. The maximum absolute atomic E-state index is 8.97. The van der Waals surface area contributed by atoms with E-state index in [1.807, 2.05) is 26.0 Å². The Morgan fingerprint density at radius 3 is 1.30 bits per heavy atom. The van der Waals surface area contributed by atoms with Crippen LogP contribution in [0.15, 0.2) is 93.8 Å². The van der Waals surface area contributed by atoms with E-state index in [0.29, 0.717) is 0 Å². The summed E-state index contributed by atoms with van der Waals surface area (Å²) in [5, 5.41) is 0. The Hall–Kier alpha value is -3.80. The number of furan rings is 2. The van der Waals surface area contributed by atoms with Crippen molar-refractivity contribution in [2.75, 3.05) is 14.2 Å². The fourth-order valence-electron chi connectivity index (χ4n) is 9.18. The fraction of sp³-hybridized carbons (Fsp3) is 0.250. The number of fused-ring (bicyclic) bond motifs is 2. The van der Waals surface area contributed by atoms with E-state index < -0.39 is 20.4 Å². The van der Waals surface area contributed by atoms with Crippen molar-refractivity contribution in [2.24, 2.45) is 0 Å². The van der Waals surface area contributed by atoms with Gasteiger partial charge in [0.15, 0.2) is 0 Å². The second-order valence-corrected chi connectivity index (χ2v) is 54.7. The molecule has 2 atom stereocenters.